The predicted molar refractivity (Wildman–Crippen MR) is 84.8 cm³/mol. The highest BCUT2D eigenvalue weighted by Gasteiger charge is 2.13. The quantitative estimate of drug-likeness (QED) is 0.745. The summed E-state index contributed by atoms with van der Waals surface area (Å²) < 4.78 is 6.62. The smallest absolute Gasteiger partial charge is 0.248 e. The molecule has 2 heterocycles. The minimum Gasteiger partial charge on any atom is -0.419 e. The van der Waals surface area contributed by atoms with Crippen LogP contribution in [0.5, 0.6) is 0 Å². The van der Waals surface area contributed by atoms with E-state index in [9.17, 15) is 0 Å². The molecule has 0 saturated carbocycles. The zero-order chi connectivity index (χ0) is 14.7. The van der Waals surface area contributed by atoms with Gasteiger partial charge in [0.15, 0.2) is 0 Å². The van der Waals surface area contributed by atoms with E-state index >= 15 is 0 Å². The molecule has 1 N–H and O–H groups in total. The van der Waals surface area contributed by atoms with E-state index < -0.39 is 0 Å². The number of hydrogen-bond acceptors (Lipinski definition) is 6. The average Bonchev–Trinajstić information content (AvgIpc) is 3.17. The summed E-state index contributed by atoms with van der Waals surface area (Å²) in [6, 6.07) is 7.92. The largest absolute Gasteiger partial charge is 0.419 e. The summed E-state index contributed by atoms with van der Waals surface area (Å²) >= 11 is 5.10. The van der Waals surface area contributed by atoms with Gasteiger partial charge in [-0.1, -0.05) is 12.1 Å². The molecule has 0 saturated heterocycles. The Morgan fingerprint density at radius 2 is 2.19 bits per heavy atom. The topological polar surface area (TPSA) is 63.8 Å². The first kappa shape index (κ1) is 14.4. The lowest BCUT2D eigenvalue weighted by Crippen LogP contribution is -2.18. The van der Waals surface area contributed by atoms with Gasteiger partial charge in [-0.15, -0.1) is 21.5 Å². The second-order valence-corrected chi connectivity index (χ2v) is 6.23. The number of rotatable bonds is 5. The van der Waals surface area contributed by atoms with Crippen LogP contribution in [0.25, 0.3) is 11.5 Å². The fraction of sp³-hybridized carbons (Fsp3) is 0.214. The number of aromatic nitrogens is 3. The molecule has 5 nitrogen and oxygen atoms in total. The first-order valence-corrected chi connectivity index (χ1v) is 8.11. The van der Waals surface area contributed by atoms with Crippen LogP contribution in [0.2, 0.25) is 0 Å². The molecule has 21 heavy (non-hydrogen) atoms. The third kappa shape index (κ3) is 3.37. The van der Waals surface area contributed by atoms with Crippen LogP contribution in [0.15, 0.2) is 44.7 Å². The molecule has 0 bridgehead atoms. The molecule has 1 atom stereocenters. The maximum atomic E-state index is 5.69. The lowest BCUT2D eigenvalue weighted by molar-refractivity contribution is 0.453. The summed E-state index contributed by atoms with van der Waals surface area (Å²) in [6.07, 6.45) is 1.80. The van der Waals surface area contributed by atoms with E-state index in [4.69, 9.17) is 4.42 Å². The van der Waals surface area contributed by atoms with Crippen molar-refractivity contribution in [2.45, 2.75) is 19.5 Å². The van der Waals surface area contributed by atoms with E-state index in [0.717, 1.165) is 15.0 Å². The molecule has 3 rings (SSSR count). The Balaban J connectivity index is 1.67. The van der Waals surface area contributed by atoms with Gasteiger partial charge in [0.05, 0.1) is 18.2 Å². The van der Waals surface area contributed by atoms with Gasteiger partial charge in [0.1, 0.15) is 5.01 Å². The van der Waals surface area contributed by atoms with Crippen LogP contribution in [0.1, 0.15) is 23.9 Å². The van der Waals surface area contributed by atoms with E-state index in [1.54, 1.807) is 17.5 Å². The van der Waals surface area contributed by atoms with Crippen molar-refractivity contribution in [3.63, 3.8) is 0 Å². The van der Waals surface area contributed by atoms with Crippen molar-refractivity contribution in [3.05, 3.63) is 51.2 Å². The summed E-state index contributed by atoms with van der Waals surface area (Å²) in [5.74, 6) is 1.07. The number of benzene rings is 1. The van der Waals surface area contributed by atoms with Crippen molar-refractivity contribution in [1.82, 2.24) is 20.5 Å². The van der Waals surface area contributed by atoms with Gasteiger partial charge in [-0.3, -0.25) is 5.32 Å². The molecule has 7 heteroatoms. The first-order chi connectivity index (χ1) is 10.2. The third-order valence-electron chi connectivity index (χ3n) is 2.95. The SMILES string of the molecule is CC(NCc1nnc(-c2ccccc2Br)o1)c1nccs1. The van der Waals surface area contributed by atoms with E-state index in [2.05, 4.69) is 43.4 Å². The maximum absolute atomic E-state index is 5.69. The van der Waals surface area contributed by atoms with Crippen LogP contribution in [0.3, 0.4) is 0 Å². The highest BCUT2D eigenvalue weighted by molar-refractivity contribution is 9.10. The van der Waals surface area contributed by atoms with Crippen LogP contribution >= 0.6 is 27.3 Å². The monoisotopic (exact) mass is 364 g/mol. The van der Waals surface area contributed by atoms with Gasteiger partial charge in [0.2, 0.25) is 11.8 Å². The summed E-state index contributed by atoms with van der Waals surface area (Å²) in [4.78, 5) is 4.28. The maximum Gasteiger partial charge on any atom is 0.248 e. The normalized spacial score (nSPS) is 12.5. The molecule has 1 unspecified atom stereocenters. The van der Waals surface area contributed by atoms with Gasteiger partial charge < -0.3 is 4.42 Å². The Morgan fingerprint density at radius 3 is 2.95 bits per heavy atom. The lowest BCUT2D eigenvalue weighted by Gasteiger charge is -2.08. The molecule has 0 aliphatic heterocycles. The molecular weight excluding hydrogens is 352 g/mol. The van der Waals surface area contributed by atoms with Gasteiger partial charge in [-0.2, -0.15) is 0 Å². The molecule has 3 aromatic rings. The Bertz CT molecular complexity index is 713. The molecule has 0 aliphatic carbocycles. The number of thiazole rings is 1. The zero-order valence-electron chi connectivity index (χ0n) is 11.3. The summed E-state index contributed by atoms with van der Waals surface area (Å²) in [7, 11) is 0. The van der Waals surface area contributed by atoms with Gasteiger partial charge in [-0.05, 0) is 35.0 Å². The van der Waals surface area contributed by atoms with Crippen LogP contribution in [0.4, 0.5) is 0 Å². The minimum absolute atomic E-state index is 0.156. The fourth-order valence-electron chi connectivity index (χ4n) is 1.84. The van der Waals surface area contributed by atoms with Crippen LogP contribution in [-0.2, 0) is 6.54 Å². The van der Waals surface area contributed by atoms with E-state index in [1.165, 1.54) is 0 Å². The van der Waals surface area contributed by atoms with Gasteiger partial charge in [0, 0.05) is 16.0 Å². The Kier molecular flexibility index (Phi) is 4.42. The van der Waals surface area contributed by atoms with Crippen molar-refractivity contribution in [1.29, 1.82) is 0 Å². The number of halogens is 1. The number of nitrogens with one attached hydrogen (secondary N) is 1. The Labute approximate surface area is 134 Å². The summed E-state index contributed by atoms with van der Waals surface area (Å²) in [6.45, 7) is 2.57. The van der Waals surface area contributed by atoms with Crippen LogP contribution in [-0.4, -0.2) is 15.2 Å². The average molecular weight is 365 g/mol. The molecule has 0 amide bonds. The van der Waals surface area contributed by atoms with Crippen LogP contribution in [0, 0.1) is 0 Å². The van der Waals surface area contributed by atoms with E-state index in [-0.39, 0.29) is 6.04 Å². The highest BCUT2D eigenvalue weighted by Crippen LogP contribution is 2.26. The van der Waals surface area contributed by atoms with Crippen molar-refractivity contribution in [2.24, 2.45) is 0 Å². The highest BCUT2D eigenvalue weighted by atomic mass is 79.9. The van der Waals surface area contributed by atoms with Gasteiger partial charge in [-0.25, -0.2) is 4.98 Å². The number of nitrogens with zero attached hydrogens (tertiary/aromatic N) is 3. The fourth-order valence-corrected chi connectivity index (χ4v) is 2.97. The van der Waals surface area contributed by atoms with E-state index in [1.807, 2.05) is 29.6 Å². The molecule has 0 radical (unpaired) electrons. The predicted octanol–water partition coefficient (Wildman–Crippen LogP) is 3.81. The third-order valence-corrected chi connectivity index (χ3v) is 4.60. The molecule has 0 aliphatic rings. The molecule has 2 aromatic heterocycles. The minimum atomic E-state index is 0.156. The zero-order valence-corrected chi connectivity index (χ0v) is 13.7. The Morgan fingerprint density at radius 1 is 1.33 bits per heavy atom. The lowest BCUT2D eigenvalue weighted by atomic mass is 10.2. The van der Waals surface area contributed by atoms with Crippen LogP contribution < -0.4 is 5.32 Å². The first-order valence-electron chi connectivity index (χ1n) is 6.44. The van der Waals surface area contributed by atoms with Crippen molar-refractivity contribution in [2.75, 3.05) is 0 Å². The summed E-state index contributed by atoms with van der Waals surface area (Å²) in [5.41, 5.74) is 0.893. The van der Waals surface area contributed by atoms with Gasteiger partial charge >= 0.3 is 0 Å². The number of hydrogen-bond donors (Lipinski definition) is 1. The summed E-state index contributed by atoms with van der Waals surface area (Å²) in [5, 5.41) is 14.5. The van der Waals surface area contributed by atoms with Crippen molar-refractivity contribution < 1.29 is 4.42 Å². The molecule has 108 valence electrons. The standard InChI is InChI=1S/C14H13BrN4OS/c1-9(14-16-6-7-21-14)17-8-12-18-19-13(20-12)10-4-2-3-5-11(10)15/h2-7,9,17H,8H2,1H3. The van der Waals surface area contributed by atoms with Crippen molar-refractivity contribution in [3.8, 4) is 11.5 Å². The second-order valence-electron chi connectivity index (χ2n) is 4.45. The Hall–Kier alpha value is -1.57. The molecule has 0 fully saturated rings. The second kappa shape index (κ2) is 6.46. The molecule has 1 aromatic carbocycles. The van der Waals surface area contributed by atoms with E-state index in [0.29, 0.717) is 18.3 Å². The molecular formula is C14H13BrN4OS. The van der Waals surface area contributed by atoms with Crippen molar-refractivity contribution >= 4 is 27.3 Å². The van der Waals surface area contributed by atoms with Gasteiger partial charge in [0.25, 0.3) is 0 Å². The molecule has 0 spiro atoms.